The second-order valence-corrected chi connectivity index (χ2v) is 7.20. The Hall–Kier alpha value is -2.09. The Balaban J connectivity index is 2.32. The summed E-state index contributed by atoms with van der Waals surface area (Å²) in [5, 5.41) is 0. The van der Waals surface area contributed by atoms with Crippen LogP contribution >= 0.6 is 0 Å². The molecule has 0 aliphatic rings. The second-order valence-electron chi connectivity index (χ2n) is 5.52. The zero-order valence-electron chi connectivity index (χ0n) is 12.9. The number of alkyl halides is 3. The van der Waals surface area contributed by atoms with Gasteiger partial charge >= 0.3 is 6.18 Å². The summed E-state index contributed by atoms with van der Waals surface area (Å²) >= 11 is 0. The lowest BCUT2D eigenvalue weighted by Gasteiger charge is -2.13. The summed E-state index contributed by atoms with van der Waals surface area (Å²) in [5.41, 5.74) is -0.968. The minimum Gasteiger partial charge on any atom is -0.280 e. The lowest BCUT2D eigenvalue weighted by atomic mass is 10.0. The summed E-state index contributed by atoms with van der Waals surface area (Å²) in [4.78, 5) is -0.0928. The topological polar surface area (TPSA) is 46.2 Å². The second kappa shape index (κ2) is 6.43. The predicted octanol–water partition coefficient (Wildman–Crippen LogP) is 4.77. The Labute approximate surface area is 137 Å². The molecule has 0 spiro atoms. The van der Waals surface area contributed by atoms with E-state index in [-0.39, 0.29) is 16.5 Å². The molecule has 2 rings (SSSR count). The quantitative estimate of drug-likeness (QED) is 0.798. The molecule has 0 fully saturated rings. The summed E-state index contributed by atoms with van der Waals surface area (Å²) in [6.07, 6.45) is -4.91. The number of sulfonamides is 1. The molecule has 0 atom stereocenters. The molecule has 1 N–H and O–H groups in total. The van der Waals surface area contributed by atoms with Crippen molar-refractivity contribution in [1.29, 1.82) is 0 Å². The number of hydrogen-bond donors (Lipinski definition) is 1. The van der Waals surface area contributed by atoms with Gasteiger partial charge in [-0.1, -0.05) is 26.0 Å². The number of anilines is 1. The minimum absolute atomic E-state index is 0.0928. The molecule has 0 amide bonds. The van der Waals surface area contributed by atoms with Gasteiger partial charge in [-0.25, -0.2) is 12.8 Å². The molecule has 2 aromatic rings. The van der Waals surface area contributed by atoms with Gasteiger partial charge in [0, 0.05) is 5.69 Å². The maximum absolute atomic E-state index is 13.2. The van der Waals surface area contributed by atoms with Crippen LogP contribution in [0.15, 0.2) is 47.4 Å². The van der Waals surface area contributed by atoms with E-state index < -0.39 is 27.6 Å². The Kier molecular flexibility index (Phi) is 4.89. The normalized spacial score (nSPS) is 12.5. The van der Waals surface area contributed by atoms with Crippen LogP contribution in [-0.2, 0) is 16.2 Å². The van der Waals surface area contributed by atoms with E-state index in [2.05, 4.69) is 0 Å². The van der Waals surface area contributed by atoms with Gasteiger partial charge in [0.05, 0.1) is 10.5 Å². The van der Waals surface area contributed by atoms with Gasteiger partial charge in [-0.15, -0.1) is 0 Å². The molecule has 8 heteroatoms. The van der Waals surface area contributed by atoms with Crippen LogP contribution in [0.5, 0.6) is 0 Å². The highest BCUT2D eigenvalue weighted by Gasteiger charge is 2.34. The zero-order valence-corrected chi connectivity index (χ0v) is 13.7. The fraction of sp³-hybridized carbons (Fsp3) is 0.250. The van der Waals surface area contributed by atoms with Crippen molar-refractivity contribution in [2.45, 2.75) is 30.8 Å². The maximum atomic E-state index is 13.2. The van der Waals surface area contributed by atoms with E-state index >= 15 is 0 Å². The van der Waals surface area contributed by atoms with Crippen molar-refractivity contribution in [3.63, 3.8) is 0 Å². The van der Waals surface area contributed by atoms with Gasteiger partial charge in [0.15, 0.2) is 0 Å². The summed E-state index contributed by atoms with van der Waals surface area (Å²) in [6, 6.07) is 7.93. The Bertz CT molecular complexity index is 828. The van der Waals surface area contributed by atoms with Gasteiger partial charge in [-0.2, -0.15) is 13.2 Å². The van der Waals surface area contributed by atoms with Crippen LogP contribution in [0.3, 0.4) is 0 Å². The van der Waals surface area contributed by atoms with Crippen LogP contribution in [0.25, 0.3) is 0 Å². The Morgan fingerprint density at radius 3 is 2.08 bits per heavy atom. The lowest BCUT2D eigenvalue weighted by Crippen LogP contribution is -2.15. The first kappa shape index (κ1) is 18.3. The molecule has 0 unspecified atom stereocenters. The van der Waals surface area contributed by atoms with Gasteiger partial charge in [0.1, 0.15) is 5.82 Å². The maximum Gasteiger partial charge on any atom is 0.419 e. The summed E-state index contributed by atoms with van der Waals surface area (Å²) in [7, 11) is -4.07. The molecular formula is C16H15F4NO2S. The van der Waals surface area contributed by atoms with Crippen LogP contribution in [0, 0.1) is 5.82 Å². The van der Waals surface area contributed by atoms with Crippen LogP contribution in [0.4, 0.5) is 23.2 Å². The molecule has 0 aromatic heterocycles. The van der Waals surface area contributed by atoms with Gasteiger partial charge in [0.2, 0.25) is 0 Å². The predicted molar refractivity (Wildman–Crippen MR) is 82.7 cm³/mol. The number of halogens is 4. The first-order valence-corrected chi connectivity index (χ1v) is 8.48. The van der Waals surface area contributed by atoms with Crippen molar-refractivity contribution in [2.75, 3.05) is 4.72 Å². The first-order valence-electron chi connectivity index (χ1n) is 7.00. The Morgan fingerprint density at radius 2 is 1.58 bits per heavy atom. The van der Waals surface area contributed by atoms with Gasteiger partial charge < -0.3 is 0 Å². The van der Waals surface area contributed by atoms with Gasteiger partial charge in [-0.3, -0.25) is 4.72 Å². The molecule has 0 heterocycles. The van der Waals surface area contributed by atoms with Crippen LogP contribution in [0.1, 0.15) is 30.9 Å². The van der Waals surface area contributed by atoms with E-state index in [4.69, 9.17) is 0 Å². The van der Waals surface area contributed by atoms with Crippen LogP contribution in [0.2, 0.25) is 0 Å². The third-order valence-corrected chi connectivity index (χ3v) is 4.78. The molecule has 0 aliphatic carbocycles. The van der Waals surface area contributed by atoms with E-state index in [9.17, 15) is 26.0 Å². The van der Waals surface area contributed by atoms with Crippen molar-refractivity contribution in [3.8, 4) is 0 Å². The van der Waals surface area contributed by atoms with E-state index in [1.165, 1.54) is 12.1 Å². The van der Waals surface area contributed by atoms with Crippen molar-refractivity contribution < 1.29 is 26.0 Å². The van der Waals surface area contributed by atoms with Crippen molar-refractivity contribution in [2.24, 2.45) is 0 Å². The third-order valence-electron chi connectivity index (χ3n) is 3.38. The average molecular weight is 361 g/mol. The number of nitrogens with one attached hydrogen (secondary N) is 1. The Morgan fingerprint density at radius 1 is 1.00 bits per heavy atom. The molecule has 2 aromatic carbocycles. The molecule has 24 heavy (non-hydrogen) atoms. The number of benzene rings is 2. The highest BCUT2D eigenvalue weighted by atomic mass is 32.2. The van der Waals surface area contributed by atoms with Gasteiger partial charge in [-0.05, 0) is 41.8 Å². The molecule has 0 radical (unpaired) electrons. The molecular weight excluding hydrogens is 346 g/mol. The summed E-state index contributed by atoms with van der Waals surface area (Å²) in [5.74, 6) is -1.26. The van der Waals surface area contributed by atoms with Gasteiger partial charge in [0.25, 0.3) is 10.0 Å². The molecule has 0 bridgehead atoms. The largest absolute Gasteiger partial charge is 0.419 e. The standard InChI is InChI=1S/C16H15F4NO2S/c1-10(2)11-3-6-13(7-4-11)24(22,23)21-12-5-8-15(17)14(9-12)16(18,19)20/h3-10,21H,1-2H3. The zero-order chi connectivity index (χ0) is 18.1. The summed E-state index contributed by atoms with van der Waals surface area (Å²) < 4.78 is 77.8. The fourth-order valence-electron chi connectivity index (χ4n) is 2.05. The van der Waals surface area contributed by atoms with Crippen LogP contribution < -0.4 is 4.72 Å². The van der Waals surface area contributed by atoms with Crippen molar-refractivity contribution >= 4 is 15.7 Å². The first-order chi connectivity index (χ1) is 11.0. The lowest BCUT2D eigenvalue weighted by molar-refractivity contribution is -0.139. The average Bonchev–Trinajstić information content (AvgIpc) is 2.48. The number of hydrogen-bond acceptors (Lipinski definition) is 2. The SMILES string of the molecule is CC(C)c1ccc(S(=O)(=O)Nc2ccc(F)c(C(F)(F)F)c2)cc1. The van der Waals surface area contributed by atoms with E-state index in [1.807, 2.05) is 18.6 Å². The smallest absolute Gasteiger partial charge is 0.280 e. The monoisotopic (exact) mass is 361 g/mol. The van der Waals surface area contributed by atoms with E-state index in [1.54, 1.807) is 12.1 Å². The molecule has 0 aliphatic heterocycles. The third kappa shape index (κ3) is 4.05. The highest BCUT2D eigenvalue weighted by molar-refractivity contribution is 7.92. The molecule has 130 valence electrons. The fourth-order valence-corrected chi connectivity index (χ4v) is 3.10. The van der Waals surface area contributed by atoms with Crippen molar-refractivity contribution in [1.82, 2.24) is 0 Å². The molecule has 3 nitrogen and oxygen atoms in total. The number of rotatable bonds is 4. The van der Waals surface area contributed by atoms with Crippen LogP contribution in [-0.4, -0.2) is 8.42 Å². The van der Waals surface area contributed by atoms with Crippen molar-refractivity contribution in [3.05, 3.63) is 59.4 Å². The molecule has 0 saturated heterocycles. The van der Waals surface area contributed by atoms with E-state index in [0.717, 1.165) is 11.6 Å². The molecule has 0 saturated carbocycles. The highest BCUT2D eigenvalue weighted by Crippen LogP contribution is 2.33. The summed E-state index contributed by atoms with van der Waals surface area (Å²) in [6.45, 7) is 3.89. The minimum atomic E-state index is -4.91. The van der Waals surface area contributed by atoms with E-state index in [0.29, 0.717) is 12.1 Å².